The van der Waals surface area contributed by atoms with Crippen LogP contribution < -0.4 is 11.1 Å². The average molecular weight is 234 g/mol. The Hall–Kier alpha value is -2.02. The van der Waals surface area contributed by atoms with Crippen molar-refractivity contribution in [2.24, 2.45) is 0 Å². The van der Waals surface area contributed by atoms with E-state index in [9.17, 15) is 9.18 Å². The molecule has 0 aliphatic carbocycles. The van der Waals surface area contributed by atoms with Crippen LogP contribution in [0.25, 0.3) is 0 Å². The first-order chi connectivity index (χ1) is 7.76. The smallest absolute Gasteiger partial charge is 0.255 e. The summed E-state index contributed by atoms with van der Waals surface area (Å²) in [4.78, 5) is 11.8. The van der Waals surface area contributed by atoms with E-state index in [2.05, 4.69) is 11.2 Å². The standard InChI is InChI=1S/C13H15FN2O/c1-5-13(3,4)16-12(17)10-7-9(15)6-8(2)11(10)14/h1,6-7H,15H2,2-4H3,(H,16,17). The summed E-state index contributed by atoms with van der Waals surface area (Å²) < 4.78 is 13.7. The van der Waals surface area contributed by atoms with Gasteiger partial charge in [-0.1, -0.05) is 5.92 Å². The van der Waals surface area contributed by atoms with Crippen LogP contribution in [0.3, 0.4) is 0 Å². The van der Waals surface area contributed by atoms with Gasteiger partial charge in [-0.2, -0.15) is 0 Å². The van der Waals surface area contributed by atoms with E-state index in [1.807, 2.05) is 0 Å². The van der Waals surface area contributed by atoms with Crippen LogP contribution in [0.4, 0.5) is 10.1 Å². The first kappa shape index (κ1) is 13.0. The minimum Gasteiger partial charge on any atom is -0.399 e. The van der Waals surface area contributed by atoms with Gasteiger partial charge in [0.05, 0.1) is 11.1 Å². The van der Waals surface area contributed by atoms with Crippen molar-refractivity contribution in [2.75, 3.05) is 5.73 Å². The van der Waals surface area contributed by atoms with Crippen molar-refractivity contribution in [1.29, 1.82) is 0 Å². The van der Waals surface area contributed by atoms with Gasteiger partial charge in [-0.05, 0) is 38.5 Å². The van der Waals surface area contributed by atoms with Gasteiger partial charge in [0.1, 0.15) is 5.82 Å². The number of halogens is 1. The van der Waals surface area contributed by atoms with Crippen LogP contribution in [0.15, 0.2) is 12.1 Å². The van der Waals surface area contributed by atoms with Crippen LogP contribution in [0.2, 0.25) is 0 Å². The number of carbonyl (C=O) groups is 1. The summed E-state index contributed by atoms with van der Waals surface area (Å²) in [5.74, 6) is 1.26. The minimum atomic E-state index is -0.831. The summed E-state index contributed by atoms with van der Waals surface area (Å²) >= 11 is 0. The van der Waals surface area contributed by atoms with Gasteiger partial charge in [-0.3, -0.25) is 4.79 Å². The number of hydrogen-bond acceptors (Lipinski definition) is 2. The normalized spacial score (nSPS) is 10.8. The van der Waals surface area contributed by atoms with Gasteiger partial charge in [0, 0.05) is 5.69 Å². The van der Waals surface area contributed by atoms with E-state index >= 15 is 0 Å². The maximum absolute atomic E-state index is 13.7. The Labute approximate surface area is 100 Å². The molecule has 3 N–H and O–H groups in total. The van der Waals surface area contributed by atoms with Gasteiger partial charge >= 0.3 is 0 Å². The Morgan fingerprint density at radius 2 is 2.12 bits per heavy atom. The van der Waals surface area contributed by atoms with E-state index in [1.165, 1.54) is 12.1 Å². The molecular formula is C13H15FN2O. The molecule has 1 aromatic rings. The van der Waals surface area contributed by atoms with E-state index in [4.69, 9.17) is 12.2 Å². The van der Waals surface area contributed by atoms with Crippen molar-refractivity contribution in [3.63, 3.8) is 0 Å². The summed E-state index contributed by atoms with van der Waals surface area (Å²) in [7, 11) is 0. The second-order valence-corrected chi connectivity index (χ2v) is 4.42. The van der Waals surface area contributed by atoms with Crippen molar-refractivity contribution < 1.29 is 9.18 Å². The third kappa shape index (κ3) is 2.97. The van der Waals surface area contributed by atoms with E-state index < -0.39 is 17.3 Å². The third-order valence-corrected chi connectivity index (χ3v) is 2.31. The lowest BCUT2D eigenvalue weighted by molar-refractivity contribution is 0.0925. The van der Waals surface area contributed by atoms with E-state index in [0.717, 1.165) is 0 Å². The first-order valence-corrected chi connectivity index (χ1v) is 5.13. The number of hydrogen-bond donors (Lipinski definition) is 2. The lowest BCUT2D eigenvalue weighted by Crippen LogP contribution is -2.42. The van der Waals surface area contributed by atoms with Gasteiger partial charge in [-0.25, -0.2) is 4.39 Å². The summed E-state index contributed by atoms with van der Waals surface area (Å²) in [5.41, 5.74) is 5.32. The van der Waals surface area contributed by atoms with Gasteiger partial charge in [0.2, 0.25) is 0 Å². The molecule has 0 heterocycles. The molecule has 0 saturated heterocycles. The van der Waals surface area contributed by atoms with Crippen molar-refractivity contribution in [2.45, 2.75) is 26.3 Å². The molecule has 4 heteroatoms. The molecule has 0 fully saturated rings. The predicted octanol–water partition coefficient (Wildman–Crippen LogP) is 1.86. The van der Waals surface area contributed by atoms with Gasteiger partial charge in [0.25, 0.3) is 5.91 Å². The molecular weight excluding hydrogens is 219 g/mol. The molecule has 0 radical (unpaired) electrons. The lowest BCUT2D eigenvalue weighted by Gasteiger charge is -2.20. The second kappa shape index (κ2) is 4.46. The topological polar surface area (TPSA) is 55.1 Å². The van der Waals surface area contributed by atoms with Crippen molar-refractivity contribution in [3.8, 4) is 12.3 Å². The highest BCUT2D eigenvalue weighted by molar-refractivity contribution is 5.96. The maximum Gasteiger partial charge on any atom is 0.255 e. The van der Waals surface area contributed by atoms with Crippen LogP contribution in [0.1, 0.15) is 29.8 Å². The number of amides is 1. The number of nitrogen functional groups attached to an aromatic ring is 1. The maximum atomic E-state index is 13.7. The predicted molar refractivity (Wildman–Crippen MR) is 65.9 cm³/mol. The lowest BCUT2D eigenvalue weighted by atomic mass is 10.0. The largest absolute Gasteiger partial charge is 0.399 e. The Balaban J connectivity index is 3.10. The highest BCUT2D eigenvalue weighted by Crippen LogP contribution is 2.17. The summed E-state index contributed by atoms with van der Waals surface area (Å²) in [6.07, 6.45) is 5.25. The van der Waals surface area contributed by atoms with Crippen LogP contribution in [-0.2, 0) is 0 Å². The van der Waals surface area contributed by atoms with E-state index in [1.54, 1.807) is 20.8 Å². The number of carbonyl (C=O) groups excluding carboxylic acids is 1. The third-order valence-electron chi connectivity index (χ3n) is 2.31. The summed E-state index contributed by atoms with van der Waals surface area (Å²) in [5, 5.41) is 2.55. The van der Waals surface area contributed by atoms with Gasteiger partial charge in [0.15, 0.2) is 0 Å². The molecule has 17 heavy (non-hydrogen) atoms. The Morgan fingerprint density at radius 1 is 1.53 bits per heavy atom. The highest BCUT2D eigenvalue weighted by atomic mass is 19.1. The average Bonchev–Trinajstić information content (AvgIpc) is 2.22. The summed E-state index contributed by atoms with van der Waals surface area (Å²) in [6.45, 7) is 4.86. The Kier molecular flexibility index (Phi) is 3.42. The molecule has 0 aliphatic heterocycles. The van der Waals surface area contributed by atoms with Crippen LogP contribution in [-0.4, -0.2) is 11.4 Å². The van der Waals surface area contributed by atoms with Crippen LogP contribution in [0, 0.1) is 25.1 Å². The number of anilines is 1. The number of terminal acetylenes is 1. The fourth-order valence-corrected chi connectivity index (χ4v) is 1.35. The minimum absolute atomic E-state index is 0.0918. The van der Waals surface area contributed by atoms with E-state index in [0.29, 0.717) is 11.3 Å². The molecule has 1 amide bonds. The molecule has 1 aromatic carbocycles. The number of aryl methyl sites for hydroxylation is 1. The fourth-order valence-electron chi connectivity index (χ4n) is 1.35. The zero-order chi connectivity index (χ0) is 13.2. The van der Waals surface area contributed by atoms with Gasteiger partial charge in [-0.15, -0.1) is 6.42 Å². The zero-order valence-corrected chi connectivity index (χ0v) is 10.1. The molecule has 0 aromatic heterocycles. The fraction of sp³-hybridized carbons (Fsp3) is 0.308. The highest BCUT2D eigenvalue weighted by Gasteiger charge is 2.21. The molecule has 0 bridgehead atoms. The molecule has 0 saturated carbocycles. The molecule has 0 spiro atoms. The van der Waals surface area contributed by atoms with Crippen LogP contribution in [0.5, 0.6) is 0 Å². The number of nitrogens with two attached hydrogens (primary N) is 1. The van der Waals surface area contributed by atoms with Gasteiger partial charge < -0.3 is 11.1 Å². The molecule has 1 rings (SSSR count). The van der Waals surface area contributed by atoms with Crippen molar-refractivity contribution in [1.82, 2.24) is 5.32 Å². The number of nitrogens with one attached hydrogen (secondary N) is 1. The quantitative estimate of drug-likeness (QED) is 0.606. The molecule has 3 nitrogen and oxygen atoms in total. The zero-order valence-electron chi connectivity index (χ0n) is 10.1. The first-order valence-electron chi connectivity index (χ1n) is 5.13. The Bertz CT molecular complexity index is 501. The monoisotopic (exact) mass is 234 g/mol. The summed E-state index contributed by atoms with van der Waals surface area (Å²) in [6, 6.07) is 2.77. The SMILES string of the molecule is C#CC(C)(C)NC(=O)c1cc(N)cc(C)c1F. The van der Waals surface area contributed by atoms with Crippen LogP contribution >= 0.6 is 0 Å². The van der Waals surface area contributed by atoms with E-state index in [-0.39, 0.29) is 5.56 Å². The second-order valence-electron chi connectivity index (χ2n) is 4.42. The number of rotatable bonds is 2. The Morgan fingerprint density at radius 3 is 2.65 bits per heavy atom. The molecule has 0 atom stereocenters. The van der Waals surface area contributed by atoms with Crippen molar-refractivity contribution in [3.05, 3.63) is 29.1 Å². The molecule has 0 unspecified atom stereocenters. The molecule has 0 aliphatic rings. The van der Waals surface area contributed by atoms with Crippen molar-refractivity contribution >= 4 is 11.6 Å². The number of benzene rings is 1. The molecule has 90 valence electrons.